The van der Waals surface area contributed by atoms with E-state index in [1.807, 2.05) is 54.6 Å². The van der Waals surface area contributed by atoms with Crippen LogP contribution < -0.4 is 15.8 Å². The van der Waals surface area contributed by atoms with Gasteiger partial charge in [-0.05, 0) is 54.4 Å². The van der Waals surface area contributed by atoms with Crippen molar-refractivity contribution in [2.75, 3.05) is 10.0 Å². The van der Waals surface area contributed by atoms with Gasteiger partial charge >= 0.3 is 0 Å². The van der Waals surface area contributed by atoms with Gasteiger partial charge in [-0.25, -0.2) is 9.38 Å². The maximum absolute atomic E-state index is 14.1. The number of hydrogen-bond acceptors (Lipinski definition) is 4. The minimum absolute atomic E-state index is 0.305. The first-order valence-corrected chi connectivity index (χ1v) is 10.5. The van der Waals surface area contributed by atoms with Gasteiger partial charge in [0.15, 0.2) is 0 Å². The lowest BCUT2D eigenvalue weighted by Crippen LogP contribution is -2.12. The molecule has 0 bridgehead atoms. The number of nitrogens with two attached hydrogens (primary N) is 1. The van der Waals surface area contributed by atoms with E-state index in [-0.39, 0.29) is 0 Å². The molecule has 8 heteroatoms. The minimum atomic E-state index is -0.400. The fourth-order valence-electron chi connectivity index (χ4n) is 2.34. The van der Waals surface area contributed by atoms with Crippen LogP contribution in [0, 0.1) is 5.82 Å². The van der Waals surface area contributed by atoms with Crippen molar-refractivity contribution in [3.63, 3.8) is 0 Å². The molecule has 0 spiro atoms. The van der Waals surface area contributed by atoms with Crippen LogP contribution in [0.5, 0.6) is 0 Å². The van der Waals surface area contributed by atoms with Crippen LogP contribution in [-0.2, 0) is 4.79 Å². The van der Waals surface area contributed by atoms with Crippen LogP contribution in [-0.4, -0.2) is 11.7 Å². The van der Waals surface area contributed by atoms with Crippen molar-refractivity contribution in [3.8, 4) is 0 Å². The predicted molar refractivity (Wildman–Crippen MR) is 125 cm³/mol. The average molecular weight is 485 g/mol. The molecule has 5 nitrogen and oxygen atoms in total. The molecule has 0 radical (unpaired) electrons. The first kappa shape index (κ1) is 21.6. The molecular formula is C22H18BrFN4OS. The molecule has 0 saturated carbocycles. The Morgan fingerprint density at radius 1 is 1.03 bits per heavy atom. The van der Waals surface area contributed by atoms with Crippen LogP contribution in [0.4, 0.5) is 15.8 Å². The summed E-state index contributed by atoms with van der Waals surface area (Å²) in [5, 5.41) is 2.68. The molecule has 0 aliphatic heterocycles. The number of nitrogens with one attached hydrogen (secondary N) is 2. The Morgan fingerprint density at radius 2 is 1.73 bits per heavy atom. The summed E-state index contributed by atoms with van der Waals surface area (Å²) >= 11 is 4.49. The summed E-state index contributed by atoms with van der Waals surface area (Å²) in [7, 11) is 0. The van der Waals surface area contributed by atoms with Crippen LogP contribution in [0.15, 0.2) is 99.4 Å². The predicted octanol–water partition coefficient (Wildman–Crippen LogP) is 5.57. The minimum Gasteiger partial charge on any atom is -0.383 e. The molecular weight excluding hydrogens is 467 g/mol. The molecule has 0 unspecified atom stereocenters. The summed E-state index contributed by atoms with van der Waals surface area (Å²) in [6, 6.07) is 21.1. The van der Waals surface area contributed by atoms with E-state index in [9.17, 15) is 9.18 Å². The quantitative estimate of drug-likeness (QED) is 0.177. The van der Waals surface area contributed by atoms with Crippen molar-refractivity contribution in [2.24, 2.45) is 10.7 Å². The van der Waals surface area contributed by atoms with Crippen LogP contribution in [0.1, 0.15) is 5.56 Å². The molecule has 1 amide bonds. The molecule has 30 heavy (non-hydrogen) atoms. The van der Waals surface area contributed by atoms with E-state index in [1.54, 1.807) is 6.07 Å². The normalized spacial score (nSPS) is 11.5. The summed E-state index contributed by atoms with van der Waals surface area (Å²) in [6.07, 6.45) is 2.58. The van der Waals surface area contributed by atoms with Crippen LogP contribution in [0.3, 0.4) is 0 Å². The molecule has 0 aromatic heterocycles. The third-order valence-corrected chi connectivity index (χ3v) is 5.23. The SMILES string of the molecule is NC(=N/C=C/C(=O)Nc1ccc(F)c(SNc2ccc(Br)cc2)c1)c1ccccc1. The number of amidine groups is 1. The molecule has 152 valence electrons. The van der Waals surface area contributed by atoms with Gasteiger partial charge in [-0.15, -0.1) is 0 Å². The maximum atomic E-state index is 14.1. The van der Waals surface area contributed by atoms with Crippen LogP contribution >= 0.6 is 27.9 Å². The molecule has 0 heterocycles. The molecule has 3 aromatic carbocycles. The largest absolute Gasteiger partial charge is 0.383 e. The molecule has 0 aliphatic carbocycles. The first-order chi connectivity index (χ1) is 14.5. The summed E-state index contributed by atoms with van der Waals surface area (Å²) < 4.78 is 18.1. The Morgan fingerprint density at radius 3 is 2.47 bits per heavy atom. The first-order valence-electron chi connectivity index (χ1n) is 8.85. The Labute approximate surface area is 186 Å². The Bertz CT molecular complexity index is 1070. The number of rotatable bonds is 7. The van der Waals surface area contributed by atoms with Gasteiger partial charge in [-0.1, -0.05) is 46.3 Å². The van der Waals surface area contributed by atoms with E-state index in [0.29, 0.717) is 16.4 Å². The van der Waals surface area contributed by atoms with Gasteiger partial charge in [-0.2, -0.15) is 0 Å². The van der Waals surface area contributed by atoms with E-state index in [0.717, 1.165) is 27.7 Å². The monoisotopic (exact) mass is 484 g/mol. The van der Waals surface area contributed by atoms with Gasteiger partial charge in [-0.3, -0.25) is 4.79 Å². The van der Waals surface area contributed by atoms with Crippen molar-refractivity contribution in [3.05, 3.63) is 101 Å². The van der Waals surface area contributed by atoms with E-state index in [1.165, 1.54) is 24.4 Å². The van der Waals surface area contributed by atoms with Gasteiger partial charge in [0.25, 0.3) is 0 Å². The van der Waals surface area contributed by atoms with Crippen molar-refractivity contribution in [1.29, 1.82) is 0 Å². The van der Waals surface area contributed by atoms with Gasteiger partial charge in [0.05, 0.1) is 4.90 Å². The van der Waals surface area contributed by atoms with E-state index in [4.69, 9.17) is 5.73 Å². The molecule has 0 atom stereocenters. The maximum Gasteiger partial charge on any atom is 0.249 e. The fourth-order valence-corrected chi connectivity index (χ4v) is 3.32. The highest BCUT2D eigenvalue weighted by molar-refractivity contribution is 9.10. The van der Waals surface area contributed by atoms with E-state index < -0.39 is 11.7 Å². The number of halogens is 2. The number of amides is 1. The number of anilines is 2. The Kier molecular flexibility index (Phi) is 7.64. The Balaban J connectivity index is 1.60. The summed E-state index contributed by atoms with van der Waals surface area (Å²) in [6.45, 7) is 0. The summed E-state index contributed by atoms with van der Waals surface area (Å²) in [5.41, 5.74) is 7.93. The zero-order valence-corrected chi connectivity index (χ0v) is 18.1. The fraction of sp³-hybridized carbons (Fsp3) is 0. The number of aliphatic imine (C=N–C) groups is 1. The van der Waals surface area contributed by atoms with Crippen molar-refractivity contribution < 1.29 is 9.18 Å². The van der Waals surface area contributed by atoms with Gasteiger partial charge < -0.3 is 15.8 Å². The number of nitrogens with zero attached hydrogens (tertiary/aromatic N) is 1. The Hall–Kier alpha value is -3.10. The molecule has 0 saturated heterocycles. The number of benzene rings is 3. The lowest BCUT2D eigenvalue weighted by Gasteiger charge is -2.09. The second kappa shape index (κ2) is 10.6. The second-order valence-corrected chi connectivity index (χ2v) is 7.81. The highest BCUT2D eigenvalue weighted by Gasteiger charge is 2.07. The topological polar surface area (TPSA) is 79.5 Å². The molecule has 0 fully saturated rings. The lowest BCUT2D eigenvalue weighted by atomic mass is 10.2. The highest BCUT2D eigenvalue weighted by Crippen LogP contribution is 2.27. The molecule has 0 aliphatic rings. The second-order valence-electron chi connectivity index (χ2n) is 6.04. The summed E-state index contributed by atoms with van der Waals surface area (Å²) in [4.78, 5) is 16.5. The number of carbonyl (C=O) groups excluding carboxylic acids is 1. The van der Waals surface area contributed by atoms with Crippen molar-refractivity contribution in [2.45, 2.75) is 4.90 Å². The van der Waals surface area contributed by atoms with E-state index in [2.05, 4.69) is 31.0 Å². The van der Waals surface area contributed by atoms with Gasteiger partial charge in [0.1, 0.15) is 11.7 Å². The smallest absolute Gasteiger partial charge is 0.249 e. The van der Waals surface area contributed by atoms with Gasteiger partial charge in [0.2, 0.25) is 5.91 Å². The number of hydrogen-bond donors (Lipinski definition) is 3. The number of carbonyl (C=O) groups is 1. The van der Waals surface area contributed by atoms with Crippen LogP contribution in [0.2, 0.25) is 0 Å². The van der Waals surface area contributed by atoms with Crippen molar-refractivity contribution in [1.82, 2.24) is 0 Å². The van der Waals surface area contributed by atoms with E-state index >= 15 is 0 Å². The van der Waals surface area contributed by atoms with Crippen LogP contribution in [0.25, 0.3) is 0 Å². The zero-order chi connectivity index (χ0) is 21.3. The summed E-state index contributed by atoms with van der Waals surface area (Å²) in [5.74, 6) is -0.486. The third kappa shape index (κ3) is 6.47. The zero-order valence-electron chi connectivity index (χ0n) is 15.7. The van der Waals surface area contributed by atoms with Gasteiger partial charge in [0, 0.05) is 33.7 Å². The highest BCUT2D eigenvalue weighted by atomic mass is 79.9. The van der Waals surface area contributed by atoms with Crippen molar-refractivity contribution >= 4 is 51.0 Å². The molecule has 3 rings (SSSR count). The molecule has 4 N–H and O–H groups in total. The standard InChI is InChI=1S/C22H18BrFN4OS/c23-16-6-8-17(9-7-16)28-30-20-14-18(10-11-19(20)24)27-21(29)12-13-26-22(25)15-4-2-1-3-5-15/h1-14,28H,(H2,25,26)(H,27,29)/b13-12+. The third-order valence-electron chi connectivity index (χ3n) is 3.83. The lowest BCUT2D eigenvalue weighted by molar-refractivity contribution is -0.111. The average Bonchev–Trinajstić information content (AvgIpc) is 2.75. The molecule has 3 aromatic rings.